The summed E-state index contributed by atoms with van der Waals surface area (Å²) < 4.78 is 25.9. The van der Waals surface area contributed by atoms with E-state index < -0.39 is 10.0 Å². The van der Waals surface area contributed by atoms with E-state index in [9.17, 15) is 13.2 Å². The smallest absolute Gasteiger partial charge is 0.225 e. The van der Waals surface area contributed by atoms with E-state index in [4.69, 9.17) is 11.6 Å². The Hall–Kier alpha value is -0.630. The number of carbonyl (C=O) groups is 1. The predicted octanol–water partition coefficient (Wildman–Crippen LogP) is 1.78. The molecule has 1 amide bonds. The lowest BCUT2D eigenvalue weighted by molar-refractivity contribution is -0.120. The molecule has 0 saturated heterocycles. The summed E-state index contributed by atoms with van der Waals surface area (Å²) in [5.74, 6) is 0.106. The molecule has 0 aromatic carbocycles. The van der Waals surface area contributed by atoms with Crippen molar-refractivity contribution in [3.05, 3.63) is 21.3 Å². The summed E-state index contributed by atoms with van der Waals surface area (Å²) in [5, 5.41) is 2.89. The third-order valence-corrected chi connectivity index (χ3v) is 5.51. The minimum absolute atomic E-state index is 0.0569. The number of hydrogen-bond acceptors (Lipinski definition) is 4. The van der Waals surface area contributed by atoms with Gasteiger partial charge in [-0.1, -0.05) is 18.0 Å². The lowest BCUT2D eigenvalue weighted by Gasteiger charge is -2.20. The van der Waals surface area contributed by atoms with E-state index in [1.165, 1.54) is 17.6 Å². The van der Waals surface area contributed by atoms with E-state index in [-0.39, 0.29) is 17.9 Å². The topological polar surface area (TPSA) is 75.3 Å². The first-order chi connectivity index (χ1) is 9.83. The van der Waals surface area contributed by atoms with E-state index >= 15 is 0 Å². The first-order valence-electron chi connectivity index (χ1n) is 6.82. The minimum atomic E-state index is -3.20. The zero-order valence-corrected chi connectivity index (χ0v) is 14.2. The summed E-state index contributed by atoms with van der Waals surface area (Å²) in [7, 11) is -3.20. The Morgan fingerprint density at radius 3 is 2.81 bits per heavy atom. The van der Waals surface area contributed by atoms with Crippen molar-refractivity contribution in [2.24, 2.45) is 5.92 Å². The SMILES string of the molecule is CS(=O)(=O)NC1CCCC1CNC(=O)Cc1ccc(Cl)s1. The van der Waals surface area contributed by atoms with Crippen LogP contribution in [-0.4, -0.2) is 33.2 Å². The minimum Gasteiger partial charge on any atom is -0.355 e. The highest BCUT2D eigenvalue weighted by Crippen LogP contribution is 2.26. The van der Waals surface area contributed by atoms with Crippen LogP contribution >= 0.6 is 22.9 Å². The van der Waals surface area contributed by atoms with Gasteiger partial charge in [0.2, 0.25) is 15.9 Å². The highest BCUT2D eigenvalue weighted by molar-refractivity contribution is 7.88. The van der Waals surface area contributed by atoms with Crippen molar-refractivity contribution in [2.75, 3.05) is 12.8 Å². The molecule has 2 N–H and O–H groups in total. The van der Waals surface area contributed by atoms with Crippen molar-refractivity contribution in [3.63, 3.8) is 0 Å². The van der Waals surface area contributed by atoms with Gasteiger partial charge < -0.3 is 5.32 Å². The highest BCUT2D eigenvalue weighted by atomic mass is 35.5. The van der Waals surface area contributed by atoms with Crippen molar-refractivity contribution in [1.82, 2.24) is 10.0 Å². The van der Waals surface area contributed by atoms with Crippen LogP contribution in [0.3, 0.4) is 0 Å². The number of halogens is 1. The van der Waals surface area contributed by atoms with Gasteiger partial charge in [0.15, 0.2) is 0 Å². The second-order valence-electron chi connectivity index (χ2n) is 5.37. The number of amides is 1. The molecule has 0 bridgehead atoms. The number of sulfonamides is 1. The number of hydrogen-bond donors (Lipinski definition) is 2. The van der Waals surface area contributed by atoms with Crippen LogP contribution in [0.25, 0.3) is 0 Å². The van der Waals surface area contributed by atoms with Gasteiger partial charge in [-0.25, -0.2) is 13.1 Å². The van der Waals surface area contributed by atoms with Crippen LogP contribution in [0.2, 0.25) is 4.34 Å². The molecule has 1 aliphatic carbocycles. The standard InChI is InChI=1S/C13H19ClN2O3S2/c1-21(18,19)16-11-4-2-3-9(11)8-15-13(17)7-10-5-6-12(14)20-10/h5-6,9,11,16H,2-4,7-8H2,1H3,(H,15,17). The lowest BCUT2D eigenvalue weighted by Crippen LogP contribution is -2.41. The average molecular weight is 351 g/mol. The van der Waals surface area contributed by atoms with Gasteiger partial charge in [-0.3, -0.25) is 4.79 Å². The highest BCUT2D eigenvalue weighted by Gasteiger charge is 2.29. The van der Waals surface area contributed by atoms with E-state index in [0.717, 1.165) is 24.1 Å². The number of thiophene rings is 1. The maximum Gasteiger partial charge on any atom is 0.225 e. The maximum absolute atomic E-state index is 11.9. The summed E-state index contributed by atoms with van der Waals surface area (Å²) >= 11 is 7.22. The fourth-order valence-corrected chi connectivity index (χ4v) is 4.57. The van der Waals surface area contributed by atoms with Crippen molar-refractivity contribution < 1.29 is 13.2 Å². The second-order valence-corrected chi connectivity index (χ2v) is 8.95. The molecule has 8 heteroatoms. The summed E-state index contributed by atoms with van der Waals surface area (Å²) in [5.41, 5.74) is 0. The van der Waals surface area contributed by atoms with Gasteiger partial charge in [-0.15, -0.1) is 11.3 Å². The number of nitrogens with one attached hydrogen (secondary N) is 2. The van der Waals surface area contributed by atoms with E-state index in [1.54, 1.807) is 6.07 Å². The van der Waals surface area contributed by atoms with Crippen molar-refractivity contribution in [1.29, 1.82) is 0 Å². The molecule has 118 valence electrons. The van der Waals surface area contributed by atoms with Crippen LogP contribution in [0.4, 0.5) is 0 Å². The molecule has 1 saturated carbocycles. The average Bonchev–Trinajstić information content (AvgIpc) is 2.94. The summed E-state index contributed by atoms with van der Waals surface area (Å²) in [6.45, 7) is 0.505. The lowest BCUT2D eigenvalue weighted by atomic mass is 10.0. The molecule has 1 aromatic rings. The fraction of sp³-hybridized carbons (Fsp3) is 0.615. The Morgan fingerprint density at radius 1 is 1.43 bits per heavy atom. The Bertz CT molecular complexity index is 600. The van der Waals surface area contributed by atoms with Gasteiger partial charge in [0.05, 0.1) is 17.0 Å². The van der Waals surface area contributed by atoms with Gasteiger partial charge in [0.25, 0.3) is 0 Å². The van der Waals surface area contributed by atoms with Crippen LogP contribution in [0.1, 0.15) is 24.1 Å². The van der Waals surface area contributed by atoms with Gasteiger partial charge in [-0.05, 0) is 30.9 Å². The zero-order chi connectivity index (χ0) is 15.5. The van der Waals surface area contributed by atoms with Crippen molar-refractivity contribution in [3.8, 4) is 0 Å². The summed E-state index contributed by atoms with van der Waals surface area (Å²) in [6.07, 6.45) is 4.22. The largest absolute Gasteiger partial charge is 0.355 e. The van der Waals surface area contributed by atoms with Crippen molar-refractivity contribution in [2.45, 2.75) is 31.7 Å². The molecule has 1 aliphatic rings. The van der Waals surface area contributed by atoms with E-state index in [1.807, 2.05) is 6.07 Å². The van der Waals surface area contributed by atoms with Gasteiger partial charge >= 0.3 is 0 Å². The third-order valence-electron chi connectivity index (χ3n) is 3.55. The van der Waals surface area contributed by atoms with Gasteiger partial charge in [-0.2, -0.15) is 0 Å². The van der Waals surface area contributed by atoms with Crippen LogP contribution in [0.15, 0.2) is 12.1 Å². The number of carbonyl (C=O) groups excluding carboxylic acids is 1. The molecule has 2 atom stereocenters. The van der Waals surface area contributed by atoms with Gasteiger partial charge in [0.1, 0.15) is 0 Å². The molecule has 1 heterocycles. The molecule has 0 radical (unpaired) electrons. The Kier molecular flexibility index (Phi) is 5.65. The molecule has 0 spiro atoms. The zero-order valence-electron chi connectivity index (χ0n) is 11.8. The van der Waals surface area contributed by atoms with Gasteiger partial charge in [0, 0.05) is 17.5 Å². The third kappa shape index (κ3) is 5.58. The van der Waals surface area contributed by atoms with E-state index in [2.05, 4.69) is 10.0 Å². The van der Waals surface area contributed by atoms with E-state index in [0.29, 0.717) is 17.3 Å². The number of rotatable bonds is 6. The Labute approximate surface area is 134 Å². The molecular weight excluding hydrogens is 332 g/mol. The monoisotopic (exact) mass is 350 g/mol. The molecule has 2 unspecified atom stereocenters. The van der Waals surface area contributed by atoms with Crippen LogP contribution < -0.4 is 10.0 Å². The molecule has 1 fully saturated rings. The fourth-order valence-electron chi connectivity index (χ4n) is 2.62. The molecule has 21 heavy (non-hydrogen) atoms. The molecular formula is C13H19ClN2O3S2. The first-order valence-corrected chi connectivity index (χ1v) is 9.90. The molecule has 0 aliphatic heterocycles. The van der Waals surface area contributed by atoms with Crippen LogP contribution in [0.5, 0.6) is 0 Å². The first kappa shape index (κ1) is 16.7. The summed E-state index contributed by atoms with van der Waals surface area (Å²) in [6, 6.07) is 3.55. The molecule has 5 nitrogen and oxygen atoms in total. The second kappa shape index (κ2) is 7.09. The van der Waals surface area contributed by atoms with Crippen molar-refractivity contribution >= 4 is 38.9 Å². The summed E-state index contributed by atoms with van der Waals surface area (Å²) in [4.78, 5) is 12.8. The quantitative estimate of drug-likeness (QED) is 0.821. The van der Waals surface area contributed by atoms with Crippen LogP contribution in [0, 0.1) is 5.92 Å². The maximum atomic E-state index is 11.9. The van der Waals surface area contributed by atoms with Crippen LogP contribution in [-0.2, 0) is 21.2 Å². The molecule has 2 rings (SSSR count). The molecule has 1 aromatic heterocycles. The normalized spacial score (nSPS) is 22.4. The predicted molar refractivity (Wildman–Crippen MR) is 85.2 cm³/mol. The Morgan fingerprint density at radius 2 is 2.19 bits per heavy atom. The Balaban J connectivity index is 1.80.